The van der Waals surface area contributed by atoms with Crippen molar-refractivity contribution >= 4 is 33.5 Å². The van der Waals surface area contributed by atoms with Crippen LogP contribution in [0.3, 0.4) is 0 Å². The van der Waals surface area contributed by atoms with Crippen LogP contribution in [-0.4, -0.2) is 20.5 Å². The molecule has 0 radical (unpaired) electrons. The number of hydrogen-bond donors (Lipinski definition) is 1. The van der Waals surface area contributed by atoms with E-state index in [1.54, 1.807) is 23.0 Å². The van der Waals surface area contributed by atoms with Crippen LogP contribution in [0.25, 0.3) is 5.65 Å². The maximum Gasteiger partial charge on any atom is 0.413 e. The Kier molecular flexibility index (Phi) is 3.83. The van der Waals surface area contributed by atoms with Gasteiger partial charge in [-0.05, 0) is 21.5 Å². The number of halogens is 1. The molecule has 0 aliphatic heterocycles. The van der Waals surface area contributed by atoms with Gasteiger partial charge >= 0.3 is 6.09 Å². The number of nitrogens with one attached hydrogen (secondary N) is 1. The lowest BCUT2D eigenvalue weighted by Crippen LogP contribution is -2.13. The zero-order chi connectivity index (χ0) is 14.7. The highest BCUT2D eigenvalue weighted by Gasteiger charge is 2.08. The van der Waals surface area contributed by atoms with E-state index in [1.165, 1.54) is 0 Å². The minimum absolute atomic E-state index is 0.215. The van der Waals surface area contributed by atoms with E-state index in [-0.39, 0.29) is 6.61 Å². The van der Waals surface area contributed by atoms with Gasteiger partial charge in [-0.3, -0.25) is 5.32 Å². The Morgan fingerprint density at radius 1 is 1.29 bits per heavy atom. The summed E-state index contributed by atoms with van der Waals surface area (Å²) in [7, 11) is 0. The molecule has 1 aromatic carbocycles. The third kappa shape index (κ3) is 3.38. The third-order valence-electron chi connectivity index (χ3n) is 2.75. The molecule has 7 heteroatoms. The lowest BCUT2D eigenvalue weighted by molar-refractivity contribution is 0.155. The molecule has 21 heavy (non-hydrogen) atoms. The Morgan fingerprint density at radius 2 is 2.10 bits per heavy atom. The predicted octanol–water partition coefficient (Wildman–Crippen LogP) is 3.24. The first kappa shape index (κ1) is 13.6. The third-order valence-corrected chi connectivity index (χ3v) is 3.16. The van der Waals surface area contributed by atoms with Gasteiger partial charge < -0.3 is 9.14 Å². The fourth-order valence-electron chi connectivity index (χ4n) is 1.80. The van der Waals surface area contributed by atoms with Crippen molar-refractivity contribution in [2.75, 3.05) is 5.32 Å². The largest absolute Gasteiger partial charge is 0.444 e. The predicted molar refractivity (Wildman–Crippen MR) is 80.9 cm³/mol. The number of ether oxygens (including phenoxy) is 1. The number of carbonyl (C=O) groups excluding carboxylic acids is 1. The molecular formula is C14H11BrN4O2. The molecule has 0 saturated heterocycles. The van der Waals surface area contributed by atoms with E-state index in [2.05, 4.69) is 31.2 Å². The summed E-state index contributed by atoms with van der Waals surface area (Å²) in [6.07, 6.45) is 4.49. The van der Waals surface area contributed by atoms with Crippen molar-refractivity contribution in [2.24, 2.45) is 0 Å². The topological polar surface area (TPSA) is 68.5 Å². The Balaban J connectivity index is 1.63. The minimum atomic E-state index is -0.547. The molecule has 0 fully saturated rings. The summed E-state index contributed by atoms with van der Waals surface area (Å²) in [4.78, 5) is 20.0. The van der Waals surface area contributed by atoms with Crippen LogP contribution >= 0.6 is 15.9 Å². The molecule has 0 bridgehead atoms. The molecular weight excluding hydrogens is 336 g/mol. The lowest BCUT2D eigenvalue weighted by Gasteiger charge is -2.04. The van der Waals surface area contributed by atoms with Gasteiger partial charge in [-0.2, -0.15) is 0 Å². The highest BCUT2D eigenvalue weighted by Crippen LogP contribution is 2.12. The first-order valence-corrected chi connectivity index (χ1v) is 6.98. The molecule has 2 aromatic heterocycles. The number of rotatable bonds is 3. The maximum absolute atomic E-state index is 11.7. The smallest absolute Gasteiger partial charge is 0.413 e. The second-order valence-electron chi connectivity index (χ2n) is 4.29. The monoisotopic (exact) mass is 346 g/mol. The Labute approximate surface area is 128 Å². The number of imidazole rings is 1. The minimum Gasteiger partial charge on any atom is -0.444 e. The van der Waals surface area contributed by atoms with Crippen LogP contribution in [-0.2, 0) is 11.3 Å². The zero-order valence-corrected chi connectivity index (χ0v) is 12.4. The fraction of sp³-hybridized carbons (Fsp3) is 0.0714. The quantitative estimate of drug-likeness (QED) is 0.790. The summed E-state index contributed by atoms with van der Waals surface area (Å²) in [5.41, 5.74) is 1.56. The van der Waals surface area contributed by atoms with Crippen molar-refractivity contribution in [3.05, 3.63) is 59.1 Å². The Hall–Kier alpha value is -2.41. The number of nitrogens with zero attached hydrogens (tertiary/aromatic N) is 3. The van der Waals surface area contributed by atoms with Crippen molar-refractivity contribution < 1.29 is 9.53 Å². The SMILES string of the molecule is O=C(Nc1cn2cc(Br)ncc2n1)OCc1ccccc1. The van der Waals surface area contributed by atoms with Crippen LogP contribution in [0.15, 0.2) is 53.5 Å². The Bertz CT molecular complexity index is 773. The maximum atomic E-state index is 11.7. The van der Waals surface area contributed by atoms with Crippen molar-refractivity contribution in [1.29, 1.82) is 0 Å². The summed E-state index contributed by atoms with van der Waals surface area (Å²) >= 11 is 3.27. The van der Waals surface area contributed by atoms with E-state index in [0.717, 1.165) is 5.56 Å². The number of carbonyl (C=O) groups is 1. The van der Waals surface area contributed by atoms with E-state index in [0.29, 0.717) is 16.1 Å². The van der Waals surface area contributed by atoms with Gasteiger partial charge in [0.05, 0.1) is 12.4 Å². The van der Waals surface area contributed by atoms with Gasteiger partial charge in [-0.25, -0.2) is 14.8 Å². The molecule has 106 valence electrons. The number of amides is 1. The number of aromatic nitrogens is 3. The van der Waals surface area contributed by atoms with E-state index < -0.39 is 6.09 Å². The standard InChI is InChI=1S/C14H11BrN4O2/c15-11-7-19-8-12(17-13(19)6-16-11)18-14(20)21-9-10-4-2-1-3-5-10/h1-8H,9H2,(H,18,20). The lowest BCUT2D eigenvalue weighted by atomic mass is 10.2. The van der Waals surface area contributed by atoms with Gasteiger partial charge in [0.2, 0.25) is 0 Å². The van der Waals surface area contributed by atoms with E-state index in [4.69, 9.17) is 4.74 Å². The van der Waals surface area contributed by atoms with Crippen LogP contribution in [0.5, 0.6) is 0 Å². The van der Waals surface area contributed by atoms with E-state index in [9.17, 15) is 4.79 Å². The van der Waals surface area contributed by atoms with Crippen molar-refractivity contribution in [3.8, 4) is 0 Å². The first-order chi connectivity index (χ1) is 10.2. The van der Waals surface area contributed by atoms with Gasteiger partial charge in [0.15, 0.2) is 11.5 Å². The highest BCUT2D eigenvalue weighted by molar-refractivity contribution is 9.10. The average molecular weight is 347 g/mol. The number of fused-ring (bicyclic) bond motifs is 1. The van der Waals surface area contributed by atoms with Gasteiger partial charge in [0.25, 0.3) is 0 Å². The molecule has 0 unspecified atom stereocenters. The highest BCUT2D eigenvalue weighted by atomic mass is 79.9. The molecule has 2 heterocycles. The summed E-state index contributed by atoms with van der Waals surface area (Å²) in [6, 6.07) is 9.47. The van der Waals surface area contributed by atoms with Crippen LogP contribution in [0, 0.1) is 0 Å². The molecule has 3 aromatic rings. The van der Waals surface area contributed by atoms with E-state index >= 15 is 0 Å². The second kappa shape index (κ2) is 5.92. The number of anilines is 1. The first-order valence-electron chi connectivity index (χ1n) is 6.19. The van der Waals surface area contributed by atoms with Crippen LogP contribution in [0.4, 0.5) is 10.6 Å². The van der Waals surface area contributed by atoms with Crippen LogP contribution in [0.1, 0.15) is 5.56 Å². The summed E-state index contributed by atoms with van der Waals surface area (Å²) in [6.45, 7) is 0.215. The van der Waals surface area contributed by atoms with E-state index in [1.807, 2.05) is 30.3 Å². The summed E-state index contributed by atoms with van der Waals surface area (Å²) in [5.74, 6) is 0.410. The van der Waals surface area contributed by atoms with Gasteiger partial charge in [-0.15, -0.1) is 0 Å². The summed E-state index contributed by atoms with van der Waals surface area (Å²) in [5, 5.41) is 2.58. The molecule has 0 aliphatic carbocycles. The van der Waals surface area contributed by atoms with Crippen molar-refractivity contribution in [3.63, 3.8) is 0 Å². The van der Waals surface area contributed by atoms with Crippen LogP contribution in [0.2, 0.25) is 0 Å². The normalized spacial score (nSPS) is 10.5. The molecule has 0 spiro atoms. The molecule has 1 amide bonds. The molecule has 6 nitrogen and oxygen atoms in total. The Morgan fingerprint density at radius 3 is 2.90 bits per heavy atom. The summed E-state index contributed by atoms with van der Waals surface area (Å²) < 4.78 is 7.57. The van der Waals surface area contributed by atoms with Gasteiger partial charge in [0.1, 0.15) is 11.2 Å². The number of benzene rings is 1. The average Bonchev–Trinajstić information content (AvgIpc) is 2.87. The molecule has 0 aliphatic rings. The van der Waals surface area contributed by atoms with Crippen LogP contribution < -0.4 is 5.32 Å². The molecule has 0 saturated carbocycles. The fourth-order valence-corrected chi connectivity index (χ4v) is 2.12. The zero-order valence-electron chi connectivity index (χ0n) is 10.9. The second-order valence-corrected chi connectivity index (χ2v) is 5.10. The molecule has 0 atom stereocenters. The van der Waals surface area contributed by atoms with Gasteiger partial charge in [-0.1, -0.05) is 30.3 Å². The van der Waals surface area contributed by atoms with Crippen molar-refractivity contribution in [1.82, 2.24) is 14.4 Å². The molecule has 1 N–H and O–H groups in total. The van der Waals surface area contributed by atoms with Gasteiger partial charge in [0, 0.05) is 6.20 Å². The van der Waals surface area contributed by atoms with Crippen molar-refractivity contribution in [2.45, 2.75) is 6.61 Å². The molecule has 3 rings (SSSR count). The number of hydrogen-bond acceptors (Lipinski definition) is 4.